The van der Waals surface area contributed by atoms with Gasteiger partial charge < -0.3 is 9.88 Å². The first-order valence-electron chi connectivity index (χ1n) is 8.06. The molecule has 3 rings (SSSR count). The van der Waals surface area contributed by atoms with Crippen LogP contribution in [0.2, 0.25) is 10.0 Å². The van der Waals surface area contributed by atoms with E-state index in [1.165, 1.54) is 16.7 Å². The van der Waals surface area contributed by atoms with Gasteiger partial charge in [-0.05, 0) is 54.4 Å². The molecule has 3 aromatic rings. The Bertz CT molecular complexity index is 1080. The molecule has 0 atom stereocenters. The standard InChI is InChI=1S/C20H15Cl2FN2O2/c1-12-4-7-15(10-18(12)23)24-19(26)16-3-2-8-25(20(16)27)11-13-5-6-14(21)9-17(13)22/h2-10H,11H2,1H3,(H,24,26). The Morgan fingerprint density at radius 3 is 2.63 bits per heavy atom. The largest absolute Gasteiger partial charge is 0.322 e. The average Bonchev–Trinajstić information content (AvgIpc) is 2.62. The van der Waals surface area contributed by atoms with Crippen molar-refractivity contribution in [1.82, 2.24) is 4.57 Å². The van der Waals surface area contributed by atoms with E-state index in [2.05, 4.69) is 5.32 Å². The smallest absolute Gasteiger partial charge is 0.263 e. The minimum atomic E-state index is -0.611. The van der Waals surface area contributed by atoms with Gasteiger partial charge in [-0.25, -0.2) is 4.39 Å². The molecule has 0 aliphatic heterocycles. The summed E-state index contributed by atoms with van der Waals surface area (Å²) in [5.74, 6) is -1.05. The maximum absolute atomic E-state index is 13.6. The van der Waals surface area contributed by atoms with E-state index in [0.717, 1.165) is 0 Å². The highest BCUT2D eigenvalue weighted by molar-refractivity contribution is 6.35. The first-order chi connectivity index (χ1) is 12.8. The molecule has 0 radical (unpaired) electrons. The molecule has 0 bridgehead atoms. The Labute approximate surface area is 165 Å². The summed E-state index contributed by atoms with van der Waals surface area (Å²) in [4.78, 5) is 25.1. The fraction of sp³-hybridized carbons (Fsp3) is 0.100. The van der Waals surface area contributed by atoms with Gasteiger partial charge in [-0.2, -0.15) is 0 Å². The predicted octanol–water partition coefficient (Wildman–Crippen LogP) is 4.90. The second kappa shape index (κ2) is 7.94. The minimum absolute atomic E-state index is 0.0523. The van der Waals surface area contributed by atoms with Crippen LogP contribution in [0.15, 0.2) is 59.5 Å². The minimum Gasteiger partial charge on any atom is -0.322 e. The summed E-state index contributed by atoms with van der Waals surface area (Å²) in [7, 11) is 0. The number of amides is 1. The highest BCUT2D eigenvalue weighted by Crippen LogP contribution is 2.21. The zero-order valence-electron chi connectivity index (χ0n) is 14.3. The SMILES string of the molecule is Cc1ccc(NC(=O)c2cccn(Cc3ccc(Cl)cc3Cl)c2=O)cc1F. The number of hydrogen-bond donors (Lipinski definition) is 1. The number of anilines is 1. The number of pyridine rings is 1. The van der Waals surface area contributed by atoms with Crippen molar-refractivity contribution in [2.24, 2.45) is 0 Å². The molecule has 0 fully saturated rings. The quantitative estimate of drug-likeness (QED) is 0.671. The first kappa shape index (κ1) is 19.1. The number of hydrogen-bond acceptors (Lipinski definition) is 2. The Kier molecular flexibility index (Phi) is 5.63. The van der Waals surface area contributed by atoms with E-state index in [9.17, 15) is 14.0 Å². The molecule has 4 nitrogen and oxygen atoms in total. The van der Waals surface area contributed by atoms with Gasteiger partial charge in [0.2, 0.25) is 0 Å². The van der Waals surface area contributed by atoms with Crippen molar-refractivity contribution in [3.05, 3.63) is 97.6 Å². The molecule has 7 heteroatoms. The van der Waals surface area contributed by atoms with Crippen LogP contribution in [-0.4, -0.2) is 10.5 Å². The lowest BCUT2D eigenvalue weighted by Crippen LogP contribution is -2.29. The van der Waals surface area contributed by atoms with Crippen LogP contribution in [0, 0.1) is 12.7 Å². The Morgan fingerprint density at radius 2 is 1.93 bits per heavy atom. The van der Waals surface area contributed by atoms with Crippen molar-refractivity contribution in [3.63, 3.8) is 0 Å². The van der Waals surface area contributed by atoms with Crippen LogP contribution >= 0.6 is 23.2 Å². The summed E-state index contributed by atoms with van der Waals surface area (Å²) in [6.45, 7) is 1.81. The van der Waals surface area contributed by atoms with E-state index in [1.807, 2.05) is 0 Å². The van der Waals surface area contributed by atoms with Crippen molar-refractivity contribution >= 4 is 34.8 Å². The van der Waals surface area contributed by atoms with E-state index in [4.69, 9.17) is 23.2 Å². The molecule has 27 heavy (non-hydrogen) atoms. The molecule has 0 unspecified atom stereocenters. The number of halogens is 3. The lowest BCUT2D eigenvalue weighted by Gasteiger charge is -2.10. The van der Waals surface area contributed by atoms with Crippen LogP contribution in [0.5, 0.6) is 0 Å². The third-order valence-corrected chi connectivity index (χ3v) is 4.64. The van der Waals surface area contributed by atoms with Crippen LogP contribution in [0.1, 0.15) is 21.5 Å². The number of rotatable bonds is 4. The van der Waals surface area contributed by atoms with Crippen molar-refractivity contribution < 1.29 is 9.18 Å². The highest BCUT2D eigenvalue weighted by atomic mass is 35.5. The first-order valence-corrected chi connectivity index (χ1v) is 8.81. The molecular formula is C20H15Cl2FN2O2. The van der Waals surface area contributed by atoms with Gasteiger partial charge in [-0.1, -0.05) is 35.3 Å². The lowest BCUT2D eigenvalue weighted by molar-refractivity contribution is 0.102. The fourth-order valence-electron chi connectivity index (χ4n) is 2.54. The molecule has 0 saturated heterocycles. The van der Waals surface area contributed by atoms with Gasteiger partial charge in [0, 0.05) is 21.9 Å². The molecule has 1 heterocycles. The number of nitrogens with one attached hydrogen (secondary N) is 1. The summed E-state index contributed by atoms with van der Waals surface area (Å²) in [5, 5.41) is 3.47. The number of aromatic nitrogens is 1. The van der Waals surface area contributed by atoms with Crippen LogP contribution in [-0.2, 0) is 6.54 Å². The van der Waals surface area contributed by atoms with E-state index in [0.29, 0.717) is 21.2 Å². The summed E-state index contributed by atoms with van der Waals surface area (Å²) in [6.07, 6.45) is 1.57. The number of aryl methyl sites for hydroxylation is 1. The molecule has 2 aromatic carbocycles. The summed E-state index contributed by atoms with van der Waals surface area (Å²) >= 11 is 12.0. The number of carbonyl (C=O) groups is 1. The van der Waals surface area contributed by atoms with E-state index in [1.54, 1.807) is 49.5 Å². The average molecular weight is 405 g/mol. The topological polar surface area (TPSA) is 51.1 Å². The third-order valence-electron chi connectivity index (χ3n) is 4.05. The molecule has 0 aliphatic rings. The maximum atomic E-state index is 13.6. The highest BCUT2D eigenvalue weighted by Gasteiger charge is 2.14. The molecule has 0 aliphatic carbocycles. The zero-order chi connectivity index (χ0) is 19.6. The monoisotopic (exact) mass is 404 g/mol. The van der Waals surface area contributed by atoms with Gasteiger partial charge in [0.1, 0.15) is 11.4 Å². The lowest BCUT2D eigenvalue weighted by atomic mass is 10.2. The molecule has 0 saturated carbocycles. The second-order valence-electron chi connectivity index (χ2n) is 6.01. The Balaban J connectivity index is 1.86. The molecule has 138 valence electrons. The second-order valence-corrected chi connectivity index (χ2v) is 6.85. The van der Waals surface area contributed by atoms with E-state index in [-0.39, 0.29) is 17.8 Å². The predicted molar refractivity (Wildman–Crippen MR) is 105 cm³/mol. The fourth-order valence-corrected chi connectivity index (χ4v) is 3.00. The molecule has 0 spiro atoms. The zero-order valence-corrected chi connectivity index (χ0v) is 15.8. The van der Waals surface area contributed by atoms with Gasteiger partial charge in [-0.15, -0.1) is 0 Å². The van der Waals surface area contributed by atoms with Crippen LogP contribution in [0.4, 0.5) is 10.1 Å². The summed E-state index contributed by atoms with van der Waals surface area (Å²) in [6, 6.07) is 12.3. The van der Waals surface area contributed by atoms with E-state index >= 15 is 0 Å². The third kappa shape index (κ3) is 4.38. The molecule has 1 aromatic heterocycles. The Morgan fingerprint density at radius 1 is 1.15 bits per heavy atom. The van der Waals surface area contributed by atoms with E-state index < -0.39 is 17.3 Å². The van der Waals surface area contributed by atoms with Crippen LogP contribution in [0.3, 0.4) is 0 Å². The molecule has 1 N–H and O–H groups in total. The van der Waals surface area contributed by atoms with Gasteiger partial charge in [0.25, 0.3) is 11.5 Å². The van der Waals surface area contributed by atoms with Gasteiger partial charge in [0.05, 0.1) is 6.54 Å². The summed E-state index contributed by atoms with van der Waals surface area (Å²) < 4.78 is 15.0. The normalized spacial score (nSPS) is 10.7. The van der Waals surface area contributed by atoms with Crippen molar-refractivity contribution in [1.29, 1.82) is 0 Å². The van der Waals surface area contributed by atoms with Crippen molar-refractivity contribution in [2.45, 2.75) is 13.5 Å². The van der Waals surface area contributed by atoms with Gasteiger partial charge in [-0.3, -0.25) is 9.59 Å². The molecule has 1 amide bonds. The van der Waals surface area contributed by atoms with Gasteiger partial charge >= 0.3 is 0 Å². The van der Waals surface area contributed by atoms with Crippen molar-refractivity contribution in [3.8, 4) is 0 Å². The number of nitrogens with zero attached hydrogens (tertiary/aromatic N) is 1. The number of benzene rings is 2. The van der Waals surface area contributed by atoms with Crippen LogP contribution < -0.4 is 10.9 Å². The Hall–Kier alpha value is -2.63. The van der Waals surface area contributed by atoms with Crippen LogP contribution in [0.25, 0.3) is 0 Å². The number of carbonyl (C=O) groups excluding carboxylic acids is 1. The maximum Gasteiger partial charge on any atom is 0.263 e. The summed E-state index contributed by atoms with van der Waals surface area (Å²) in [5.41, 5.74) is 0.909. The molecular weight excluding hydrogens is 390 g/mol. The van der Waals surface area contributed by atoms with Crippen molar-refractivity contribution in [2.75, 3.05) is 5.32 Å². The van der Waals surface area contributed by atoms with Gasteiger partial charge in [0.15, 0.2) is 0 Å².